The zero-order chi connectivity index (χ0) is 13.1. The predicted molar refractivity (Wildman–Crippen MR) is 70.2 cm³/mol. The minimum Gasteiger partial charge on any atom is -0.381 e. The van der Waals surface area contributed by atoms with E-state index in [1.165, 1.54) is 0 Å². The Labute approximate surface area is 116 Å². The van der Waals surface area contributed by atoms with E-state index in [0.29, 0.717) is 18.2 Å². The highest BCUT2D eigenvalue weighted by Crippen LogP contribution is 2.21. The smallest absolute Gasteiger partial charge is 0.274 e. The fourth-order valence-electron chi connectivity index (χ4n) is 1.97. The van der Waals surface area contributed by atoms with Crippen LogP contribution in [-0.2, 0) is 4.74 Å². The highest BCUT2D eigenvalue weighted by molar-refractivity contribution is 6.34. The van der Waals surface area contributed by atoms with E-state index in [1.807, 2.05) is 0 Å². The number of hydrogen-bond acceptors (Lipinski definition) is 3. The summed E-state index contributed by atoms with van der Waals surface area (Å²) in [6.45, 7) is 1.36. The van der Waals surface area contributed by atoms with Gasteiger partial charge in [-0.15, -0.1) is 0 Å². The van der Waals surface area contributed by atoms with Crippen LogP contribution in [-0.4, -0.2) is 42.1 Å². The maximum absolute atomic E-state index is 12.3. The van der Waals surface area contributed by atoms with Gasteiger partial charge in [-0.1, -0.05) is 23.2 Å². The van der Waals surface area contributed by atoms with E-state index in [9.17, 15) is 4.79 Å². The summed E-state index contributed by atoms with van der Waals surface area (Å²) >= 11 is 11.8. The number of pyridine rings is 1. The third-order valence-corrected chi connectivity index (χ3v) is 3.59. The topological polar surface area (TPSA) is 42.4 Å². The Kier molecular flexibility index (Phi) is 4.43. The normalized spacial score (nSPS) is 16.6. The van der Waals surface area contributed by atoms with Gasteiger partial charge >= 0.3 is 0 Å². The van der Waals surface area contributed by atoms with Crippen LogP contribution in [0.4, 0.5) is 0 Å². The maximum atomic E-state index is 12.3. The Morgan fingerprint density at radius 3 is 2.72 bits per heavy atom. The first kappa shape index (κ1) is 13.6. The molecule has 0 N–H and O–H groups in total. The molecule has 0 bridgehead atoms. The number of amides is 1. The summed E-state index contributed by atoms with van der Waals surface area (Å²) < 4.78 is 5.28. The molecule has 0 unspecified atom stereocenters. The Balaban J connectivity index is 2.16. The predicted octanol–water partition coefficient (Wildman–Crippen LogP) is 2.64. The molecule has 0 atom stereocenters. The van der Waals surface area contributed by atoms with Gasteiger partial charge in [0.1, 0.15) is 10.8 Å². The molecule has 2 rings (SSSR count). The lowest BCUT2D eigenvalue weighted by Gasteiger charge is -2.31. The van der Waals surface area contributed by atoms with Gasteiger partial charge in [0.2, 0.25) is 0 Å². The summed E-state index contributed by atoms with van der Waals surface area (Å²) in [6.07, 6.45) is 1.67. The van der Waals surface area contributed by atoms with Crippen LogP contribution in [0.15, 0.2) is 12.1 Å². The third kappa shape index (κ3) is 2.94. The van der Waals surface area contributed by atoms with E-state index in [0.717, 1.165) is 12.8 Å². The van der Waals surface area contributed by atoms with Crippen molar-refractivity contribution in [2.24, 2.45) is 0 Å². The first-order valence-electron chi connectivity index (χ1n) is 5.76. The van der Waals surface area contributed by atoms with E-state index in [4.69, 9.17) is 27.9 Å². The average Bonchev–Trinajstić information content (AvgIpc) is 2.41. The first-order valence-corrected chi connectivity index (χ1v) is 6.52. The molecule has 0 aromatic carbocycles. The van der Waals surface area contributed by atoms with Crippen LogP contribution in [0.25, 0.3) is 0 Å². The quantitative estimate of drug-likeness (QED) is 0.786. The van der Waals surface area contributed by atoms with Gasteiger partial charge in [0.05, 0.1) is 5.02 Å². The van der Waals surface area contributed by atoms with E-state index < -0.39 is 0 Å². The molecule has 0 aliphatic carbocycles. The van der Waals surface area contributed by atoms with Crippen LogP contribution in [0.2, 0.25) is 10.2 Å². The third-order valence-electron chi connectivity index (χ3n) is 3.07. The van der Waals surface area contributed by atoms with E-state index >= 15 is 0 Å². The van der Waals surface area contributed by atoms with Crippen LogP contribution in [0.3, 0.4) is 0 Å². The fourth-order valence-corrected chi connectivity index (χ4v) is 2.31. The maximum Gasteiger partial charge on any atom is 0.274 e. The van der Waals surface area contributed by atoms with Gasteiger partial charge in [-0.25, -0.2) is 4.98 Å². The van der Waals surface area contributed by atoms with Gasteiger partial charge in [-0.05, 0) is 25.0 Å². The number of carbonyl (C=O) groups excluding carboxylic acids is 1. The average molecular weight is 289 g/mol. The lowest BCUT2D eigenvalue weighted by atomic mass is 10.1. The van der Waals surface area contributed by atoms with Gasteiger partial charge in [0, 0.05) is 26.3 Å². The van der Waals surface area contributed by atoms with Crippen LogP contribution < -0.4 is 0 Å². The van der Waals surface area contributed by atoms with Crippen molar-refractivity contribution in [3.8, 4) is 0 Å². The molecule has 1 aliphatic rings. The van der Waals surface area contributed by atoms with Gasteiger partial charge in [0.25, 0.3) is 5.91 Å². The van der Waals surface area contributed by atoms with Crippen LogP contribution >= 0.6 is 23.2 Å². The molecule has 4 nitrogen and oxygen atoms in total. The molecule has 6 heteroatoms. The Hall–Kier alpha value is -0.840. The lowest BCUT2D eigenvalue weighted by Crippen LogP contribution is -2.41. The molecule has 1 aromatic heterocycles. The highest BCUT2D eigenvalue weighted by atomic mass is 35.5. The van der Waals surface area contributed by atoms with E-state index in [-0.39, 0.29) is 22.8 Å². The molecule has 18 heavy (non-hydrogen) atoms. The zero-order valence-corrected chi connectivity index (χ0v) is 11.5. The van der Waals surface area contributed by atoms with Gasteiger partial charge in [-0.2, -0.15) is 0 Å². The van der Waals surface area contributed by atoms with Gasteiger partial charge in [0.15, 0.2) is 0 Å². The van der Waals surface area contributed by atoms with Crippen LogP contribution in [0.1, 0.15) is 23.3 Å². The number of carbonyl (C=O) groups is 1. The SMILES string of the molecule is CN(C(=O)c1nc(Cl)ccc1Cl)C1CCOCC1. The molecule has 1 aromatic rings. The van der Waals surface area contributed by atoms with Crippen molar-refractivity contribution in [3.63, 3.8) is 0 Å². The van der Waals surface area contributed by atoms with Crippen molar-refractivity contribution in [2.75, 3.05) is 20.3 Å². The fraction of sp³-hybridized carbons (Fsp3) is 0.500. The standard InChI is InChI=1S/C12H14Cl2N2O2/c1-16(8-4-6-18-7-5-8)12(17)11-9(13)2-3-10(14)15-11/h2-3,8H,4-7H2,1H3. The molecule has 0 saturated carbocycles. The summed E-state index contributed by atoms with van der Waals surface area (Å²) in [5.74, 6) is -0.200. The second-order valence-electron chi connectivity index (χ2n) is 4.22. The van der Waals surface area contributed by atoms with E-state index in [2.05, 4.69) is 4.98 Å². The number of rotatable bonds is 2. The van der Waals surface area contributed by atoms with Crippen molar-refractivity contribution in [1.82, 2.24) is 9.88 Å². The summed E-state index contributed by atoms with van der Waals surface area (Å²) in [6, 6.07) is 3.32. The summed E-state index contributed by atoms with van der Waals surface area (Å²) in [5, 5.41) is 0.589. The molecular formula is C12H14Cl2N2O2. The first-order chi connectivity index (χ1) is 8.59. The molecule has 1 fully saturated rings. The monoisotopic (exact) mass is 288 g/mol. The van der Waals surface area contributed by atoms with Crippen LogP contribution in [0.5, 0.6) is 0 Å². The molecule has 2 heterocycles. The van der Waals surface area contributed by atoms with Crippen molar-refractivity contribution < 1.29 is 9.53 Å². The highest BCUT2D eigenvalue weighted by Gasteiger charge is 2.25. The van der Waals surface area contributed by atoms with Gasteiger partial charge < -0.3 is 9.64 Å². The summed E-state index contributed by atoms with van der Waals surface area (Å²) in [7, 11) is 1.76. The number of hydrogen-bond donors (Lipinski definition) is 0. The molecule has 1 amide bonds. The summed E-state index contributed by atoms with van der Waals surface area (Å²) in [5.41, 5.74) is 0.207. The largest absolute Gasteiger partial charge is 0.381 e. The molecule has 1 aliphatic heterocycles. The second-order valence-corrected chi connectivity index (χ2v) is 5.02. The van der Waals surface area contributed by atoms with E-state index in [1.54, 1.807) is 24.1 Å². The number of halogens is 2. The molecular weight excluding hydrogens is 275 g/mol. The van der Waals surface area contributed by atoms with Crippen LogP contribution in [0, 0.1) is 0 Å². The second kappa shape index (κ2) is 5.87. The Bertz CT molecular complexity index is 448. The molecule has 1 saturated heterocycles. The minimum absolute atomic E-state index is 0.170. The van der Waals surface area contributed by atoms with Crippen molar-refractivity contribution >= 4 is 29.1 Å². The lowest BCUT2D eigenvalue weighted by molar-refractivity contribution is 0.0359. The molecule has 0 spiro atoms. The number of aromatic nitrogens is 1. The Morgan fingerprint density at radius 1 is 1.39 bits per heavy atom. The number of nitrogens with zero attached hydrogens (tertiary/aromatic N) is 2. The Morgan fingerprint density at radius 2 is 2.06 bits per heavy atom. The number of ether oxygens (including phenoxy) is 1. The van der Waals surface area contributed by atoms with Gasteiger partial charge in [-0.3, -0.25) is 4.79 Å². The zero-order valence-electron chi connectivity index (χ0n) is 10.0. The van der Waals surface area contributed by atoms with Crippen molar-refractivity contribution in [2.45, 2.75) is 18.9 Å². The molecule has 98 valence electrons. The van der Waals surface area contributed by atoms with Crippen molar-refractivity contribution in [1.29, 1.82) is 0 Å². The molecule has 0 radical (unpaired) electrons. The summed E-state index contributed by atoms with van der Waals surface area (Å²) in [4.78, 5) is 18.0. The minimum atomic E-state index is -0.200. The van der Waals surface area contributed by atoms with Crippen molar-refractivity contribution in [3.05, 3.63) is 28.0 Å².